The highest BCUT2D eigenvalue weighted by atomic mass is 79.9. The van der Waals surface area contributed by atoms with Crippen LogP contribution >= 0.6 is 15.9 Å². The maximum Gasteiger partial charge on any atom is 0.247 e. The van der Waals surface area contributed by atoms with E-state index in [0.29, 0.717) is 18.5 Å². The molecule has 2 aromatic rings. The Morgan fingerprint density at radius 1 is 1.10 bits per heavy atom. The van der Waals surface area contributed by atoms with Crippen molar-refractivity contribution in [3.63, 3.8) is 0 Å². The van der Waals surface area contributed by atoms with E-state index in [1.165, 1.54) is 9.21 Å². The van der Waals surface area contributed by atoms with Gasteiger partial charge in [0.05, 0.1) is 16.3 Å². The maximum absolute atomic E-state index is 13.5. The number of carbonyl (C=O) groups is 2. The Morgan fingerprint density at radius 2 is 1.77 bits per heavy atom. The van der Waals surface area contributed by atoms with Crippen molar-refractivity contribution < 1.29 is 18.0 Å². The van der Waals surface area contributed by atoms with E-state index < -0.39 is 32.6 Å². The highest BCUT2D eigenvalue weighted by Crippen LogP contribution is 2.58. The SMILES string of the molecule is CS(=O)(=O)N1c2ccccc2[C@]2(Br)CC3C(=O)NC(Cc4ccccc4)C(=O)N3C12. The molecule has 5 rings (SSSR count). The molecule has 0 aliphatic carbocycles. The molecular weight excluding hydrogens is 470 g/mol. The molecule has 2 aromatic carbocycles. The zero-order valence-electron chi connectivity index (χ0n) is 16.2. The smallest absolute Gasteiger partial charge is 0.247 e. The van der Waals surface area contributed by atoms with Gasteiger partial charge in [0.1, 0.15) is 18.2 Å². The first-order valence-electron chi connectivity index (χ1n) is 9.66. The number of halogens is 1. The second-order valence-corrected chi connectivity index (χ2v) is 11.3. The number of rotatable bonds is 3. The zero-order chi connectivity index (χ0) is 21.3. The predicted molar refractivity (Wildman–Crippen MR) is 115 cm³/mol. The molecule has 3 unspecified atom stereocenters. The third-order valence-electron chi connectivity index (χ3n) is 6.12. The van der Waals surface area contributed by atoms with E-state index in [2.05, 4.69) is 21.2 Å². The van der Waals surface area contributed by atoms with Gasteiger partial charge in [-0.05, 0) is 17.2 Å². The number of carbonyl (C=O) groups excluding carboxylic acids is 2. The average molecular weight is 490 g/mol. The number of anilines is 1. The first-order chi connectivity index (χ1) is 14.2. The van der Waals surface area contributed by atoms with Crippen molar-refractivity contribution >= 4 is 43.5 Å². The number of nitrogens with zero attached hydrogens (tertiary/aromatic N) is 2. The summed E-state index contributed by atoms with van der Waals surface area (Å²) >= 11 is 3.76. The number of alkyl halides is 1. The van der Waals surface area contributed by atoms with Gasteiger partial charge >= 0.3 is 0 Å². The van der Waals surface area contributed by atoms with Crippen LogP contribution in [0.25, 0.3) is 0 Å². The third kappa shape index (κ3) is 2.71. The third-order valence-corrected chi connectivity index (χ3v) is 8.39. The van der Waals surface area contributed by atoms with Gasteiger partial charge in [-0.15, -0.1) is 0 Å². The number of para-hydroxylation sites is 1. The van der Waals surface area contributed by atoms with E-state index >= 15 is 0 Å². The molecule has 3 aliphatic rings. The minimum absolute atomic E-state index is 0.255. The second-order valence-electron chi connectivity index (χ2n) is 8.03. The number of hydrogen-bond acceptors (Lipinski definition) is 4. The molecule has 7 nitrogen and oxygen atoms in total. The van der Waals surface area contributed by atoms with E-state index in [1.807, 2.05) is 42.5 Å². The fourth-order valence-corrected chi connectivity index (χ4v) is 7.29. The van der Waals surface area contributed by atoms with Crippen LogP contribution in [0.15, 0.2) is 54.6 Å². The lowest BCUT2D eigenvalue weighted by atomic mass is 9.95. The lowest BCUT2D eigenvalue weighted by Crippen LogP contribution is -2.66. The molecule has 0 spiro atoms. The van der Waals surface area contributed by atoms with Crippen molar-refractivity contribution in [3.8, 4) is 0 Å². The molecule has 0 saturated carbocycles. The summed E-state index contributed by atoms with van der Waals surface area (Å²) in [5, 5.41) is 2.85. The van der Waals surface area contributed by atoms with Crippen molar-refractivity contribution in [2.24, 2.45) is 0 Å². The standard InChI is InChI=1S/C21H20BrN3O4S/c1-30(28,29)25-16-10-6-5-9-14(16)21(22)12-17-18(26)23-15(19(27)24(17)20(21)25)11-13-7-3-2-4-8-13/h2-10,15,17,20H,11-12H2,1H3,(H,23,26)/t15?,17?,20?,21-/m1/s1. The van der Waals surface area contributed by atoms with Crippen LogP contribution in [0.2, 0.25) is 0 Å². The molecule has 4 atom stereocenters. The fourth-order valence-electron chi connectivity index (χ4n) is 4.92. The molecule has 2 fully saturated rings. The van der Waals surface area contributed by atoms with Crippen LogP contribution in [0, 0.1) is 0 Å². The predicted octanol–water partition coefficient (Wildman–Crippen LogP) is 1.72. The molecule has 2 amide bonds. The summed E-state index contributed by atoms with van der Waals surface area (Å²) in [5.74, 6) is -0.522. The molecule has 0 bridgehead atoms. The molecule has 2 saturated heterocycles. The van der Waals surface area contributed by atoms with Crippen molar-refractivity contribution in [1.82, 2.24) is 10.2 Å². The van der Waals surface area contributed by atoms with Crippen molar-refractivity contribution in [2.75, 3.05) is 10.6 Å². The fraction of sp³-hybridized carbons (Fsp3) is 0.333. The van der Waals surface area contributed by atoms with Crippen LogP contribution < -0.4 is 9.62 Å². The Bertz CT molecular complexity index is 1160. The van der Waals surface area contributed by atoms with Crippen molar-refractivity contribution in [3.05, 3.63) is 65.7 Å². The van der Waals surface area contributed by atoms with Crippen LogP contribution in [0.4, 0.5) is 5.69 Å². The Hall–Kier alpha value is -2.39. The minimum atomic E-state index is -3.70. The van der Waals surface area contributed by atoms with Gasteiger partial charge in [0.25, 0.3) is 0 Å². The molecule has 0 radical (unpaired) electrons. The molecule has 3 heterocycles. The molecule has 0 aromatic heterocycles. The van der Waals surface area contributed by atoms with Crippen LogP contribution in [-0.2, 0) is 30.4 Å². The van der Waals surface area contributed by atoms with Crippen LogP contribution in [0.5, 0.6) is 0 Å². The number of benzene rings is 2. The molecule has 30 heavy (non-hydrogen) atoms. The maximum atomic E-state index is 13.5. The summed E-state index contributed by atoms with van der Waals surface area (Å²) in [6, 6.07) is 15.2. The zero-order valence-corrected chi connectivity index (χ0v) is 18.6. The Kier molecular flexibility index (Phi) is 4.27. The van der Waals surface area contributed by atoms with E-state index in [1.54, 1.807) is 12.1 Å². The van der Waals surface area contributed by atoms with Gasteiger partial charge in [-0.1, -0.05) is 64.5 Å². The summed E-state index contributed by atoms with van der Waals surface area (Å²) in [6.07, 6.45) is 0.955. The lowest BCUT2D eigenvalue weighted by Gasteiger charge is -2.41. The summed E-state index contributed by atoms with van der Waals surface area (Å²) < 4.78 is 26.0. The number of hydrogen-bond donors (Lipinski definition) is 1. The summed E-state index contributed by atoms with van der Waals surface area (Å²) in [5.41, 5.74) is 2.24. The van der Waals surface area contributed by atoms with E-state index in [4.69, 9.17) is 0 Å². The van der Waals surface area contributed by atoms with E-state index in [0.717, 1.165) is 17.4 Å². The lowest BCUT2D eigenvalue weighted by molar-refractivity contribution is -0.148. The number of nitrogens with one attached hydrogen (secondary N) is 1. The summed E-state index contributed by atoms with van der Waals surface area (Å²) in [4.78, 5) is 28.0. The van der Waals surface area contributed by atoms with Gasteiger partial charge < -0.3 is 10.2 Å². The molecule has 1 N–H and O–H groups in total. The monoisotopic (exact) mass is 489 g/mol. The molecular formula is C21H20BrN3O4S. The Balaban J connectivity index is 1.59. The molecule has 3 aliphatic heterocycles. The number of fused-ring (bicyclic) bond motifs is 5. The number of amides is 2. The summed E-state index contributed by atoms with van der Waals surface area (Å²) in [6.45, 7) is 0. The normalized spacial score (nSPS) is 30.0. The van der Waals surface area contributed by atoms with Crippen molar-refractivity contribution in [2.45, 2.75) is 35.4 Å². The van der Waals surface area contributed by atoms with Gasteiger partial charge in [0, 0.05) is 12.8 Å². The van der Waals surface area contributed by atoms with Crippen LogP contribution in [0.3, 0.4) is 0 Å². The topological polar surface area (TPSA) is 86.8 Å². The highest BCUT2D eigenvalue weighted by Gasteiger charge is 2.66. The largest absolute Gasteiger partial charge is 0.342 e. The first-order valence-corrected chi connectivity index (χ1v) is 12.3. The number of sulfonamides is 1. The number of piperazine rings is 1. The Labute approximate surface area is 183 Å². The van der Waals surface area contributed by atoms with Gasteiger partial charge in [-0.25, -0.2) is 12.7 Å². The summed E-state index contributed by atoms with van der Waals surface area (Å²) in [7, 11) is -3.70. The van der Waals surface area contributed by atoms with Crippen LogP contribution in [-0.4, -0.2) is 49.6 Å². The van der Waals surface area contributed by atoms with E-state index in [-0.39, 0.29) is 11.8 Å². The highest BCUT2D eigenvalue weighted by molar-refractivity contribution is 9.09. The molecule has 156 valence electrons. The quantitative estimate of drug-likeness (QED) is 0.665. The second kappa shape index (κ2) is 6.55. The molecule has 9 heteroatoms. The van der Waals surface area contributed by atoms with Gasteiger partial charge in [-0.2, -0.15) is 0 Å². The van der Waals surface area contributed by atoms with Crippen LogP contribution in [0.1, 0.15) is 17.5 Å². The van der Waals surface area contributed by atoms with Gasteiger partial charge in [-0.3, -0.25) is 9.59 Å². The van der Waals surface area contributed by atoms with E-state index in [9.17, 15) is 18.0 Å². The van der Waals surface area contributed by atoms with Crippen molar-refractivity contribution in [1.29, 1.82) is 0 Å². The Morgan fingerprint density at radius 3 is 2.47 bits per heavy atom. The first kappa shape index (κ1) is 19.6. The van der Waals surface area contributed by atoms with Gasteiger partial charge in [0.15, 0.2) is 0 Å². The minimum Gasteiger partial charge on any atom is -0.342 e. The average Bonchev–Trinajstić information content (AvgIpc) is 3.14. The van der Waals surface area contributed by atoms with Gasteiger partial charge in [0.2, 0.25) is 21.8 Å².